The van der Waals surface area contributed by atoms with Crippen molar-refractivity contribution in [2.75, 3.05) is 37.6 Å². The number of rotatable bonds is 4. The third-order valence-electron chi connectivity index (χ3n) is 4.54. The van der Waals surface area contributed by atoms with Crippen LogP contribution in [-0.4, -0.2) is 50.4 Å². The molecule has 0 unspecified atom stereocenters. The maximum Gasteiger partial charge on any atom is 0.254 e. The number of amides is 3. The molecule has 0 aliphatic carbocycles. The summed E-state index contributed by atoms with van der Waals surface area (Å²) in [6, 6.07) is 4.56. The highest BCUT2D eigenvalue weighted by Gasteiger charge is 2.27. The molecule has 2 heterocycles. The second kappa shape index (κ2) is 7.60. The minimum absolute atomic E-state index is 0.0498. The summed E-state index contributed by atoms with van der Waals surface area (Å²) in [7, 11) is 0. The number of nitrogens with zero attached hydrogens (tertiary/aromatic N) is 1. The van der Waals surface area contributed by atoms with Gasteiger partial charge in [0.1, 0.15) is 5.82 Å². The van der Waals surface area contributed by atoms with E-state index in [1.807, 2.05) is 0 Å². The van der Waals surface area contributed by atoms with E-state index in [9.17, 15) is 18.8 Å². The number of nitrogens with one attached hydrogen (secondary N) is 3. The van der Waals surface area contributed by atoms with Crippen LogP contribution in [-0.2, 0) is 9.59 Å². The zero-order valence-electron chi connectivity index (χ0n) is 13.8. The molecule has 134 valence electrons. The van der Waals surface area contributed by atoms with Gasteiger partial charge in [0.05, 0.1) is 11.5 Å². The van der Waals surface area contributed by atoms with Gasteiger partial charge in [-0.25, -0.2) is 4.39 Å². The summed E-state index contributed by atoms with van der Waals surface area (Å²) in [4.78, 5) is 37.0. The van der Waals surface area contributed by atoms with Crippen molar-refractivity contribution in [2.24, 2.45) is 5.92 Å². The lowest BCUT2D eigenvalue weighted by Crippen LogP contribution is -2.45. The van der Waals surface area contributed by atoms with E-state index in [4.69, 9.17) is 0 Å². The van der Waals surface area contributed by atoms with Gasteiger partial charge in [0.25, 0.3) is 5.91 Å². The van der Waals surface area contributed by atoms with Crippen molar-refractivity contribution in [2.45, 2.75) is 12.8 Å². The molecule has 2 aliphatic heterocycles. The molecule has 0 aromatic heterocycles. The summed E-state index contributed by atoms with van der Waals surface area (Å²) in [5, 5.41) is 8.04. The molecular weight excluding hydrogens is 327 g/mol. The Bertz CT molecular complexity index is 688. The number of anilines is 1. The zero-order valence-corrected chi connectivity index (χ0v) is 13.8. The summed E-state index contributed by atoms with van der Waals surface area (Å²) < 4.78 is 14.3. The van der Waals surface area contributed by atoms with Crippen LogP contribution in [0.25, 0.3) is 0 Å². The maximum atomic E-state index is 14.3. The van der Waals surface area contributed by atoms with Gasteiger partial charge in [-0.1, -0.05) is 0 Å². The first-order valence-corrected chi connectivity index (χ1v) is 8.41. The zero-order chi connectivity index (χ0) is 17.8. The van der Waals surface area contributed by atoms with Gasteiger partial charge in [-0.05, 0) is 24.6 Å². The van der Waals surface area contributed by atoms with Crippen LogP contribution >= 0.6 is 0 Å². The molecular formula is C17H21FN4O3. The first-order chi connectivity index (χ1) is 12.0. The van der Waals surface area contributed by atoms with Crippen LogP contribution < -0.4 is 20.9 Å². The van der Waals surface area contributed by atoms with Crippen LogP contribution in [0.2, 0.25) is 0 Å². The molecule has 0 saturated carbocycles. The number of carbonyl (C=O) groups is 3. The molecule has 3 amide bonds. The molecule has 2 fully saturated rings. The highest BCUT2D eigenvalue weighted by molar-refractivity contribution is 5.99. The SMILES string of the molecule is O=C1CC[C@@H](CNC(=O)c2ccc(N3CCNCC3)cc2F)C(=O)N1. The number of imide groups is 1. The molecule has 1 atom stereocenters. The summed E-state index contributed by atoms with van der Waals surface area (Å²) in [5.74, 6) is -2.32. The second-order valence-electron chi connectivity index (χ2n) is 6.26. The Balaban J connectivity index is 1.60. The van der Waals surface area contributed by atoms with E-state index in [1.165, 1.54) is 12.1 Å². The van der Waals surface area contributed by atoms with E-state index >= 15 is 0 Å². The van der Waals surface area contributed by atoms with Gasteiger partial charge in [0.2, 0.25) is 11.8 Å². The van der Waals surface area contributed by atoms with Crippen molar-refractivity contribution in [1.29, 1.82) is 0 Å². The molecule has 3 rings (SSSR count). The van der Waals surface area contributed by atoms with Crippen LogP contribution in [0.3, 0.4) is 0 Å². The van der Waals surface area contributed by atoms with Crippen LogP contribution in [0, 0.1) is 11.7 Å². The van der Waals surface area contributed by atoms with Crippen molar-refractivity contribution < 1.29 is 18.8 Å². The Morgan fingerprint density at radius 2 is 2.04 bits per heavy atom. The van der Waals surface area contributed by atoms with Gasteiger partial charge in [-0.15, -0.1) is 0 Å². The standard InChI is InChI=1S/C17H21FN4O3/c18-14-9-12(22-7-5-19-6-8-22)2-3-13(14)17(25)20-10-11-1-4-15(23)21-16(11)24/h2-3,9,11,19H,1,4-8,10H2,(H,20,25)(H,21,23,24)/t11-/m0/s1. The minimum atomic E-state index is -0.586. The largest absolute Gasteiger partial charge is 0.369 e. The first kappa shape index (κ1) is 17.3. The van der Waals surface area contributed by atoms with E-state index in [0.29, 0.717) is 6.42 Å². The van der Waals surface area contributed by atoms with Crippen molar-refractivity contribution in [3.63, 3.8) is 0 Å². The lowest BCUT2D eigenvalue weighted by Gasteiger charge is -2.29. The summed E-state index contributed by atoms with van der Waals surface area (Å²) >= 11 is 0. The summed E-state index contributed by atoms with van der Waals surface area (Å²) in [5.41, 5.74) is 0.701. The fourth-order valence-corrected chi connectivity index (χ4v) is 3.05. The van der Waals surface area contributed by atoms with Crippen LogP contribution in [0.1, 0.15) is 23.2 Å². The molecule has 0 spiro atoms. The van der Waals surface area contributed by atoms with Crippen molar-refractivity contribution in [3.05, 3.63) is 29.6 Å². The number of benzene rings is 1. The average Bonchev–Trinajstić information content (AvgIpc) is 2.61. The fraction of sp³-hybridized carbons (Fsp3) is 0.471. The smallest absolute Gasteiger partial charge is 0.254 e. The van der Waals surface area contributed by atoms with E-state index < -0.39 is 23.5 Å². The van der Waals surface area contributed by atoms with Crippen LogP contribution in [0.4, 0.5) is 10.1 Å². The highest BCUT2D eigenvalue weighted by atomic mass is 19.1. The van der Waals surface area contributed by atoms with Crippen LogP contribution in [0.5, 0.6) is 0 Å². The van der Waals surface area contributed by atoms with E-state index in [0.717, 1.165) is 31.9 Å². The Labute approximate surface area is 144 Å². The number of hydrogen-bond acceptors (Lipinski definition) is 5. The Morgan fingerprint density at radius 3 is 2.72 bits per heavy atom. The van der Waals surface area contributed by atoms with Gasteiger partial charge in [-0.2, -0.15) is 0 Å². The van der Waals surface area contributed by atoms with Crippen LogP contribution in [0.15, 0.2) is 18.2 Å². The lowest BCUT2D eigenvalue weighted by molar-refractivity contribution is -0.136. The minimum Gasteiger partial charge on any atom is -0.369 e. The topological polar surface area (TPSA) is 90.5 Å². The van der Waals surface area contributed by atoms with Gasteiger partial charge in [-0.3, -0.25) is 19.7 Å². The first-order valence-electron chi connectivity index (χ1n) is 8.41. The molecule has 7 nitrogen and oxygen atoms in total. The summed E-state index contributed by atoms with van der Waals surface area (Å²) in [6.07, 6.45) is 0.634. The van der Waals surface area contributed by atoms with Crippen molar-refractivity contribution >= 4 is 23.4 Å². The third-order valence-corrected chi connectivity index (χ3v) is 4.54. The Hall–Kier alpha value is -2.48. The van der Waals surface area contributed by atoms with E-state index in [-0.39, 0.29) is 24.4 Å². The molecule has 2 saturated heterocycles. The van der Waals surface area contributed by atoms with Gasteiger partial charge in [0.15, 0.2) is 0 Å². The highest BCUT2D eigenvalue weighted by Crippen LogP contribution is 2.19. The van der Waals surface area contributed by atoms with Gasteiger partial charge >= 0.3 is 0 Å². The Morgan fingerprint density at radius 1 is 1.28 bits per heavy atom. The number of piperidine rings is 1. The molecule has 0 radical (unpaired) electrons. The predicted molar refractivity (Wildman–Crippen MR) is 89.7 cm³/mol. The predicted octanol–water partition coefficient (Wildman–Crippen LogP) is 0.0179. The molecule has 1 aromatic rings. The molecule has 25 heavy (non-hydrogen) atoms. The van der Waals surface area contributed by atoms with Crippen molar-refractivity contribution in [3.8, 4) is 0 Å². The van der Waals surface area contributed by atoms with E-state index in [2.05, 4.69) is 20.9 Å². The normalized spacial score (nSPS) is 21.0. The number of halogens is 1. The third kappa shape index (κ3) is 4.14. The number of carbonyl (C=O) groups excluding carboxylic acids is 3. The number of hydrogen-bond donors (Lipinski definition) is 3. The van der Waals surface area contributed by atoms with Gasteiger partial charge in [0, 0.05) is 44.8 Å². The lowest BCUT2D eigenvalue weighted by atomic mass is 9.98. The number of piperazine rings is 1. The molecule has 8 heteroatoms. The summed E-state index contributed by atoms with van der Waals surface area (Å²) in [6.45, 7) is 3.35. The average molecular weight is 348 g/mol. The molecule has 3 N–H and O–H groups in total. The molecule has 1 aromatic carbocycles. The monoisotopic (exact) mass is 348 g/mol. The molecule has 2 aliphatic rings. The maximum absolute atomic E-state index is 14.3. The fourth-order valence-electron chi connectivity index (χ4n) is 3.05. The molecule has 0 bridgehead atoms. The van der Waals surface area contributed by atoms with Crippen molar-refractivity contribution in [1.82, 2.24) is 16.0 Å². The van der Waals surface area contributed by atoms with E-state index in [1.54, 1.807) is 6.07 Å². The quantitative estimate of drug-likeness (QED) is 0.668. The van der Waals surface area contributed by atoms with Gasteiger partial charge < -0.3 is 15.5 Å². The Kier molecular flexibility index (Phi) is 5.28. The second-order valence-corrected chi connectivity index (χ2v) is 6.26.